The van der Waals surface area contributed by atoms with Crippen molar-refractivity contribution in [1.82, 2.24) is 4.90 Å². The van der Waals surface area contributed by atoms with Crippen LogP contribution >= 0.6 is 11.8 Å². The van der Waals surface area contributed by atoms with Gasteiger partial charge in [-0.25, -0.2) is 0 Å². The molecule has 6 nitrogen and oxygen atoms in total. The van der Waals surface area contributed by atoms with E-state index in [4.69, 9.17) is 4.74 Å². The molecule has 1 N–H and O–H groups in total. The minimum atomic E-state index is -0.466. The van der Waals surface area contributed by atoms with Crippen LogP contribution in [0.15, 0.2) is 59.5 Å². The molecular weight excluding hydrogens is 388 g/mol. The highest BCUT2D eigenvalue weighted by Gasteiger charge is 2.36. The maximum Gasteiger partial charge on any atom is 0.294 e. The zero-order chi connectivity index (χ0) is 20.6. The number of benzene rings is 2. The second kappa shape index (κ2) is 9.93. The number of nitrogens with zero attached hydrogens (tertiary/aromatic N) is 1. The number of ether oxygens (including phenoxy) is 1. The molecule has 150 valence electrons. The average Bonchev–Trinajstić information content (AvgIpc) is 2.97. The topological polar surface area (TPSA) is 75.7 Å². The van der Waals surface area contributed by atoms with Gasteiger partial charge in [0.05, 0.1) is 11.5 Å². The Labute approximate surface area is 173 Å². The van der Waals surface area contributed by atoms with Crippen molar-refractivity contribution >= 4 is 40.6 Å². The van der Waals surface area contributed by atoms with E-state index >= 15 is 0 Å². The first-order valence-electron chi connectivity index (χ1n) is 9.40. The fourth-order valence-electron chi connectivity index (χ4n) is 2.65. The summed E-state index contributed by atoms with van der Waals surface area (Å²) in [7, 11) is 0. The first-order valence-corrected chi connectivity index (χ1v) is 10.2. The fourth-order valence-corrected chi connectivity index (χ4v) is 3.49. The van der Waals surface area contributed by atoms with Gasteiger partial charge in [-0.2, -0.15) is 0 Å². The summed E-state index contributed by atoms with van der Waals surface area (Å²) >= 11 is 0.833. The van der Waals surface area contributed by atoms with Gasteiger partial charge < -0.3 is 10.1 Å². The van der Waals surface area contributed by atoms with Crippen molar-refractivity contribution in [3.63, 3.8) is 0 Å². The van der Waals surface area contributed by atoms with Crippen LogP contribution in [0.25, 0.3) is 6.08 Å². The number of thioether (sulfide) groups is 1. The van der Waals surface area contributed by atoms with E-state index in [2.05, 4.69) is 12.2 Å². The Bertz CT molecular complexity index is 910. The van der Waals surface area contributed by atoms with Gasteiger partial charge in [-0.15, -0.1) is 0 Å². The van der Waals surface area contributed by atoms with E-state index in [-0.39, 0.29) is 6.54 Å². The van der Waals surface area contributed by atoms with Crippen LogP contribution in [-0.4, -0.2) is 35.1 Å². The van der Waals surface area contributed by atoms with Crippen molar-refractivity contribution in [2.24, 2.45) is 0 Å². The second-order valence-electron chi connectivity index (χ2n) is 6.45. The van der Waals surface area contributed by atoms with Crippen LogP contribution in [0.5, 0.6) is 5.75 Å². The van der Waals surface area contributed by atoms with Gasteiger partial charge >= 0.3 is 0 Å². The van der Waals surface area contributed by atoms with E-state index in [9.17, 15) is 14.4 Å². The number of rotatable bonds is 8. The van der Waals surface area contributed by atoms with Gasteiger partial charge in [-0.05, 0) is 54.1 Å². The Kier molecular flexibility index (Phi) is 7.08. The standard InChI is InChI=1S/C22H22N2O4S/c1-2-3-13-28-18-11-9-16(10-12-18)14-19-21(26)24(22(27)29-19)15-20(25)23-17-7-5-4-6-8-17/h4-12,14H,2-3,13,15H2,1H3,(H,23,25)/b19-14+. The molecule has 29 heavy (non-hydrogen) atoms. The molecular formula is C22H22N2O4S. The first kappa shape index (κ1) is 20.7. The van der Waals surface area contributed by atoms with Gasteiger partial charge in [-0.3, -0.25) is 19.3 Å². The lowest BCUT2D eigenvalue weighted by molar-refractivity contribution is -0.127. The fraction of sp³-hybridized carbons (Fsp3) is 0.227. The molecule has 1 heterocycles. The molecule has 0 aliphatic carbocycles. The Morgan fingerprint density at radius 1 is 1.10 bits per heavy atom. The average molecular weight is 410 g/mol. The summed E-state index contributed by atoms with van der Waals surface area (Å²) in [5.74, 6) is -0.124. The molecule has 7 heteroatoms. The zero-order valence-electron chi connectivity index (χ0n) is 16.1. The smallest absolute Gasteiger partial charge is 0.294 e. The van der Waals surface area contributed by atoms with Crippen LogP contribution in [0, 0.1) is 0 Å². The van der Waals surface area contributed by atoms with Crippen molar-refractivity contribution < 1.29 is 19.1 Å². The summed E-state index contributed by atoms with van der Waals surface area (Å²) < 4.78 is 5.62. The number of para-hydroxylation sites is 1. The summed E-state index contributed by atoms with van der Waals surface area (Å²) in [6.45, 7) is 2.45. The Hall–Kier alpha value is -3.06. The molecule has 1 aliphatic rings. The first-order chi connectivity index (χ1) is 14.1. The van der Waals surface area contributed by atoms with Gasteiger partial charge in [0.15, 0.2) is 0 Å². The molecule has 0 radical (unpaired) electrons. The van der Waals surface area contributed by atoms with Crippen molar-refractivity contribution in [2.75, 3.05) is 18.5 Å². The molecule has 1 fully saturated rings. The van der Waals surface area contributed by atoms with Crippen LogP contribution in [-0.2, 0) is 9.59 Å². The number of nitrogens with one attached hydrogen (secondary N) is 1. The van der Waals surface area contributed by atoms with Gasteiger partial charge in [-0.1, -0.05) is 43.7 Å². The highest BCUT2D eigenvalue weighted by molar-refractivity contribution is 8.18. The predicted molar refractivity (Wildman–Crippen MR) is 115 cm³/mol. The molecule has 0 saturated carbocycles. The SMILES string of the molecule is CCCCOc1ccc(/C=C2/SC(=O)N(CC(=O)Nc3ccccc3)C2=O)cc1. The van der Waals surface area contributed by atoms with Gasteiger partial charge in [0.2, 0.25) is 5.91 Å². The van der Waals surface area contributed by atoms with Gasteiger partial charge in [0.1, 0.15) is 12.3 Å². The molecule has 0 atom stereocenters. The molecule has 0 bridgehead atoms. The highest BCUT2D eigenvalue weighted by Crippen LogP contribution is 2.32. The minimum absolute atomic E-state index is 0.294. The van der Waals surface area contributed by atoms with Crippen molar-refractivity contribution in [1.29, 1.82) is 0 Å². The third-order valence-corrected chi connectivity index (χ3v) is 5.08. The molecule has 1 saturated heterocycles. The van der Waals surface area contributed by atoms with Crippen LogP contribution in [0.1, 0.15) is 25.3 Å². The molecule has 1 aliphatic heterocycles. The summed E-state index contributed by atoms with van der Waals surface area (Å²) in [6.07, 6.45) is 3.71. The minimum Gasteiger partial charge on any atom is -0.494 e. The van der Waals surface area contributed by atoms with Crippen molar-refractivity contribution in [3.8, 4) is 5.75 Å². The Morgan fingerprint density at radius 2 is 1.83 bits per heavy atom. The Balaban J connectivity index is 1.61. The monoisotopic (exact) mass is 410 g/mol. The number of anilines is 1. The number of hydrogen-bond donors (Lipinski definition) is 1. The van der Waals surface area contributed by atoms with E-state index in [0.717, 1.165) is 40.8 Å². The number of carbonyl (C=O) groups excluding carboxylic acids is 3. The second-order valence-corrected chi connectivity index (χ2v) is 7.45. The molecule has 3 rings (SSSR count). The van der Waals surface area contributed by atoms with Gasteiger partial charge in [0, 0.05) is 5.69 Å². The summed E-state index contributed by atoms with van der Waals surface area (Å²) in [6, 6.07) is 16.2. The third-order valence-electron chi connectivity index (χ3n) is 4.18. The molecule has 3 amide bonds. The van der Waals surface area contributed by atoms with Crippen molar-refractivity contribution in [2.45, 2.75) is 19.8 Å². The Morgan fingerprint density at radius 3 is 2.52 bits per heavy atom. The maximum atomic E-state index is 12.6. The van der Waals surface area contributed by atoms with E-state index in [1.54, 1.807) is 30.3 Å². The number of carbonyl (C=O) groups is 3. The highest BCUT2D eigenvalue weighted by atomic mass is 32.2. The number of unbranched alkanes of at least 4 members (excludes halogenated alkanes) is 1. The zero-order valence-corrected chi connectivity index (χ0v) is 16.9. The van der Waals surface area contributed by atoms with Gasteiger partial charge in [0.25, 0.3) is 11.1 Å². The van der Waals surface area contributed by atoms with E-state index in [1.165, 1.54) is 0 Å². The third kappa shape index (κ3) is 5.71. The quantitative estimate of drug-likeness (QED) is 0.511. The molecule has 0 aromatic heterocycles. The van der Waals surface area contributed by atoms with E-state index < -0.39 is 17.1 Å². The predicted octanol–water partition coefficient (Wildman–Crippen LogP) is 4.54. The van der Waals surface area contributed by atoms with Crippen LogP contribution in [0.4, 0.5) is 10.5 Å². The molecule has 2 aromatic carbocycles. The maximum absolute atomic E-state index is 12.6. The van der Waals surface area contributed by atoms with Crippen LogP contribution in [0.3, 0.4) is 0 Å². The van der Waals surface area contributed by atoms with Crippen molar-refractivity contribution in [3.05, 3.63) is 65.1 Å². The molecule has 0 unspecified atom stereocenters. The summed E-state index contributed by atoms with van der Waals surface area (Å²) in [5.41, 5.74) is 1.40. The molecule has 2 aromatic rings. The largest absolute Gasteiger partial charge is 0.494 e. The van der Waals surface area contributed by atoms with E-state index in [1.807, 2.05) is 30.3 Å². The lowest BCUT2D eigenvalue weighted by Crippen LogP contribution is -2.36. The van der Waals surface area contributed by atoms with E-state index in [0.29, 0.717) is 17.2 Å². The molecule has 0 spiro atoms. The summed E-state index contributed by atoms with van der Waals surface area (Å²) in [5, 5.41) is 2.22. The number of hydrogen-bond acceptors (Lipinski definition) is 5. The summed E-state index contributed by atoms with van der Waals surface area (Å²) in [4.78, 5) is 38.2. The van der Waals surface area contributed by atoms with Crippen LogP contribution < -0.4 is 10.1 Å². The number of imide groups is 1. The van der Waals surface area contributed by atoms with Crippen LogP contribution in [0.2, 0.25) is 0 Å². The lowest BCUT2D eigenvalue weighted by Gasteiger charge is -2.12. The normalized spacial score (nSPS) is 15.1. The lowest BCUT2D eigenvalue weighted by atomic mass is 10.2. The number of amides is 3.